The van der Waals surface area contributed by atoms with Crippen molar-refractivity contribution in [2.24, 2.45) is 0 Å². The highest BCUT2D eigenvalue weighted by atomic mass is 32.2. The minimum Gasteiger partial charge on any atom is -0.478 e. The predicted octanol–water partition coefficient (Wildman–Crippen LogP) is -0.516. The highest BCUT2D eigenvalue weighted by Gasteiger charge is 2.22. The molecule has 78 valence electrons. The second kappa shape index (κ2) is 4.03. The smallest absolute Gasteiger partial charge is 0.337 e. The summed E-state index contributed by atoms with van der Waals surface area (Å²) >= 11 is 0. The molecule has 0 aliphatic rings. The number of hydrogen-bond acceptors (Lipinski definition) is 4. The number of rotatable bonds is 4. The van der Waals surface area contributed by atoms with Crippen molar-refractivity contribution in [3.05, 3.63) is 23.1 Å². The molecule has 0 aromatic rings. The van der Waals surface area contributed by atoms with Gasteiger partial charge in [0.2, 0.25) is 0 Å². The summed E-state index contributed by atoms with van der Waals surface area (Å²) in [5.41, 5.74) is -1.10. The minimum atomic E-state index is -4.80. The van der Waals surface area contributed by atoms with E-state index >= 15 is 0 Å². The lowest BCUT2D eigenvalue weighted by Gasteiger charge is -2.01. The summed E-state index contributed by atoms with van der Waals surface area (Å²) in [7, 11) is -4.80. The third kappa shape index (κ3) is 3.37. The number of aliphatic carboxylic acids is 2. The van der Waals surface area contributed by atoms with Gasteiger partial charge in [-0.1, -0.05) is 6.58 Å². The van der Waals surface area contributed by atoms with E-state index in [-0.39, 0.29) is 6.08 Å². The first-order valence-electron chi connectivity index (χ1n) is 3.01. The third-order valence-electron chi connectivity index (χ3n) is 1.11. The van der Waals surface area contributed by atoms with Gasteiger partial charge in [0, 0.05) is 6.08 Å². The molecule has 0 heterocycles. The summed E-state index contributed by atoms with van der Waals surface area (Å²) in [4.78, 5) is 19.3. The Balaban J connectivity index is 5.39. The summed E-state index contributed by atoms with van der Waals surface area (Å²) in [6.07, 6.45) is 0.123. The topological polar surface area (TPSA) is 129 Å². The molecule has 7 nitrogen and oxygen atoms in total. The van der Waals surface area contributed by atoms with E-state index in [1.54, 1.807) is 0 Å². The average Bonchev–Trinajstić information content (AvgIpc) is 1.96. The van der Waals surface area contributed by atoms with Gasteiger partial charge < -0.3 is 10.2 Å². The van der Waals surface area contributed by atoms with Gasteiger partial charge in [0.25, 0.3) is 10.1 Å². The maximum atomic E-state index is 10.4. The fourth-order valence-corrected chi connectivity index (χ4v) is 0.948. The van der Waals surface area contributed by atoms with E-state index in [0.29, 0.717) is 0 Å². The molecular formula is C6H6O7S. The molecule has 0 unspecified atom stereocenters. The maximum absolute atomic E-state index is 10.4. The summed E-state index contributed by atoms with van der Waals surface area (Å²) in [5.74, 6) is -3.47. The van der Waals surface area contributed by atoms with Gasteiger partial charge in [0.1, 0.15) is 4.91 Å². The van der Waals surface area contributed by atoms with Crippen LogP contribution in [0, 0.1) is 0 Å². The normalized spacial score (nSPS) is 12.2. The first-order chi connectivity index (χ1) is 6.16. The predicted molar refractivity (Wildman–Crippen MR) is 44.0 cm³/mol. The van der Waals surface area contributed by atoms with Crippen LogP contribution in [0.2, 0.25) is 0 Å². The molecule has 0 aliphatic carbocycles. The maximum Gasteiger partial charge on any atom is 0.337 e. The van der Waals surface area contributed by atoms with Crippen LogP contribution in [0.3, 0.4) is 0 Å². The zero-order chi connectivity index (χ0) is 11.5. The Hall–Kier alpha value is -1.67. The van der Waals surface area contributed by atoms with Crippen molar-refractivity contribution in [3.8, 4) is 0 Å². The highest BCUT2D eigenvalue weighted by molar-refractivity contribution is 7.90. The lowest BCUT2D eigenvalue weighted by atomic mass is 10.2. The Kier molecular flexibility index (Phi) is 3.55. The van der Waals surface area contributed by atoms with Crippen molar-refractivity contribution in [1.82, 2.24) is 0 Å². The second-order valence-corrected chi connectivity index (χ2v) is 3.54. The van der Waals surface area contributed by atoms with E-state index in [4.69, 9.17) is 14.8 Å². The SMILES string of the molecule is C=C(/C(=C/C(=O)O)C(=O)O)S(=O)(=O)O. The van der Waals surface area contributed by atoms with Gasteiger partial charge in [0.15, 0.2) is 0 Å². The van der Waals surface area contributed by atoms with E-state index < -0.39 is 32.5 Å². The largest absolute Gasteiger partial charge is 0.478 e. The van der Waals surface area contributed by atoms with Gasteiger partial charge >= 0.3 is 11.9 Å². The highest BCUT2D eigenvalue weighted by Crippen LogP contribution is 2.13. The van der Waals surface area contributed by atoms with Crippen LogP contribution in [0.5, 0.6) is 0 Å². The summed E-state index contributed by atoms with van der Waals surface area (Å²) in [6.45, 7) is 2.75. The second-order valence-electron chi connectivity index (χ2n) is 2.10. The molecule has 0 bridgehead atoms. The molecule has 14 heavy (non-hydrogen) atoms. The van der Waals surface area contributed by atoms with E-state index in [1.165, 1.54) is 0 Å². The lowest BCUT2D eigenvalue weighted by Crippen LogP contribution is -2.12. The fourth-order valence-electron chi connectivity index (χ4n) is 0.524. The van der Waals surface area contributed by atoms with Gasteiger partial charge in [0.05, 0.1) is 5.57 Å². The van der Waals surface area contributed by atoms with Gasteiger partial charge in [-0.15, -0.1) is 0 Å². The monoisotopic (exact) mass is 222 g/mol. The molecule has 8 heteroatoms. The van der Waals surface area contributed by atoms with Crippen molar-refractivity contribution < 1.29 is 32.8 Å². The van der Waals surface area contributed by atoms with Crippen LogP contribution in [0.1, 0.15) is 0 Å². The Morgan fingerprint density at radius 2 is 1.64 bits per heavy atom. The third-order valence-corrected chi connectivity index (χ3v) is 1.95. The molecule has 3 N–H and O–H groups in total. The van der Waals surface area contributed by atoms with E-state index in [0.717, 1.165) is 0 Å². The van der Waals surface area contributed by atoms with Crippen LogP contribution >= 0.6 is 0 Å². The van der Waals surface area contributed by atoms with Gasteiger partial charge in [-0.25, -0.2) is 9.59 Å². The quantitative estimate of drug-likeness (QED) is 0.331. The van der Waals surface area contributed by atoms with Gasteiger partial charge in [-0.05, 0) is 0 Å². The zero-order valence-corrected chi connectivity index (χ0v) is 7.48. The van der Waals surface area contributed by atoms with Crippen LogP contribution in [0.15, 0.2) is 23.1 Å². The number of hydrogen-bond donors (Lipinski definition) is 3. The molecule has 0 radical (unpaired) electrons. The Morgan fingerprint density at radius 3 is 1.86 bits per heavy atom. The number of carboxylic acids is 2. The molecule has 0 aliphatic heterocycles. The Labute approximate surface area is 78.7 Å². The minimum absolute atomic E-state index is 0.123. The fraction of sp³-hybridized carbons (Fsp3) is 0. The van der Waals surface area contributed by atoms with Crippen molar-refractivity contribution >= 4 is 22.1 Å². The van der Waals surface area contributed by atoms with Crippen molar-refractivity contribution in [3.63, 3.8) is 0 Å². The molecular weight excluding hydrogens is 216 g/mol. The first kappa shape index (κ1) is 12.3. The van der Waals surface area contributed by atoms with Crippen LogP contribution in [-0.4, -0.2) is 35.1 Å². The van der Waals surface area contributed by atoms with Crippen LogP contribution < -0.4 is 0 Å². The van der Waals surface area contributed by atoms with Crippen LogP contribution in [0.25, 0.3) is 0 Å². The molecule has 0 atom stereocenters. The first-order valence-corrected chi connectivity index (χ1v) is 4.45. The molecule has 0 aromatic carbocycles. The van der Waals surface area contributed by atoms with E-state index in [1.807, 2.05) is 0 Å². The van der Waals surface area contributed by atoms with E-state index in [9.17, 15) is 18.0 Å². The molecule has 0 spiro atoms. The summed E-state index contributed by atoms with van der Waals surface area (Å²) in [6, 6.07) is 0. The Morgan fingerprint density at radius 1 is 1.21 bits per heavy atom. The summed E-state index contributed by atoms with van der Waals surface area (Å²) in [5, 5.41) is 16.6. The van der Waals surface area contributed by atoms with Crippen LogP contribution in [-0.2, 0) is 19.7 Å². The number of carbonyl (C=O) groups is 2. The molecule has 0 amide bonds. The van der Waals surface area contributed by atoms with Crippen molar-refractivity contribution in [2.45, 2.75) is 0 Å². The lowest BCUT2D eigenvalue weighted by molar-refractivity contribution is -0.134. The van der Waals surface area contributed by atoms with Crippen LogP contribution in [0.4, 0.5) is 0 Å². The molecule has 0 saturated carbocycles. The Bertz CT molecular complexity index is 413. The standard InChI is InChI=1S/C6H6O7S/c1-3(14(11,12)13)4(6(9)10)2-5(7)8/h2H,1H2,(H,7,8)(H,9,10)(H,11,12,13)/b4-2-. The summed E-state index contributed by atoms with van der Waals surface area (Å²) < 4.78 is 29.2. The molecule has 0 saturated heterocycles. The average molecular weight is 222 g/mol. The van der Waals surface area contributed by atoms with Crippen molar-refractivity contribution in [1.29, 1.82) is 0 Å². The van der Waals surface area contributed by atoms with E-state index in [2.05, 4.69) is 6.58 Å². The number of carboxylic acid groups (broad SMARTS) is 2. The van der Waals surface area contributed by atoms with Gasteiger partial charge in [-0.3, -0.25) is 4.55 Å². The van der Waals surface area contributed by atoms with Crippen molar-refractivity contribution in [2.75, 3.05) is 0 Å². The molecule has 0 fully saturated rings. The zero-order valence-electron chi connectivity index (χ0n) is 6.67. The molecule has 0 rings (SSSR count). The van der Waals surface area contributed by atoms with Gasteiger partial charge in [-0.2, -0.15) is 8.42 Å². The molecule has 0 aromatic heterocycles.